The second-order valence-corrected chi connectivity index (χ2v) is 17.2. The third-order valence-electron chi connectivity index (χ3n) is 13.5. The summed E-state index contributed by atoms with van der Waals surface area (Å²) in [7, 11) is 0. The number of nitrogens with zero attached hydrogens (tertiary/aromatic N) is 2. The van der Waals surface area contributed by atoms with Gasteiger partial charge in [-0.2, -0.15) is 0 Å². The monoisotopic (exact) mass is 830 g/mol. The summed E-state index contributed by atoms with van der Waals surface area (Å²) in [5.74, 6) is 1.23. The van der Waals surface area contributed by atoms with Crippen LogP contribution in [0, 0.1) is 0 Å². The van der Waals surface area contributed by atoms with Gasteiger partial charge in [-0.1, -0.05) is 182 Å². The maximum atomic E-state index is 6.60. The molecule has 0 radical (unpaired) electrons. The van der Waals surface area contributed by atoms with E-state index in [1.807, 2.05) is 0 Å². The lowest BCUT2D eigenvalue weighted by Crippen LogP contribution is -2.15. The maximum absolute atomic E-state index is 6.60. The Balaban J connectivity index is 0.940. The Morgan fingerprint density at radius 3 is 1.83 bits per heavy atom. The number of hydrogen-bond acceptors (Lipinski definition) is 2. The maximum Gasteiger partial charge on any atom is 0.132 e. The summed E-state index contributed by atoms with van der Waals surface area (Å²) in [6, 6.07) is 79.7. The van der Waals surface area contributed by atoms with Crippen LogP contribution in [-0.2, 0) is 0 Å². The van der Waals surface area contributed by atoms with E-state index in [2.05, 4.69) is 252 Å². The number of para-hydroxylation sites is 4. The molecule has 0 spiro atoms. The highest BCUT2D eigenvalue weighted by atomic mass is 16.5. The number of anilines is 3. The highest BCUT2D eigenvalue weighted by Gasteiger charge is 2.33. The highest BCUT2D eigenvalue weighted by Crippen LogP contribution is 2.48. The minimum absolute atomic E-state index is 0.0369. The molecule has 2 atom stereocenters. The molecule has 2 aliphatic rings. The van der Waals surface area contributed by atoms with Crippen LogP contribution >= 0.6 is 0 Å². The second-order valence-electron chi connectivity index (χ2n) is 17.2. The Kier molecular flexibility index (Phi) is 8.67. The van der Waals surface area contributed by atoms with E-state index in [9.17, 15) is 0 Å². The van der Waals surface area contributed by atoms with Crippen molar-refractivity contribution in [2.75, 3.05) is 4.90 Å². The molecule has 1 aliphatic heterocycles. The second kappa shape index (κ2) is 15.1. The van der Waals surface area contributed by atoms with Gasteiger partial charge >= 0.3 is 0 Å². The molecule has 3 heteroatoms. The van der Waals surface area contributed by atoms with Crippen LogP contribution in [0.15, 0.2) is 243 Å². The van der Waals surface area contributed by atoms with E-state index in [0.717, 1.165) is 50.8 Å². The molecular weight excluding hydrogens is 789 g/mol. The van der Waals surface area contributed by atoms with Gasteiger partial charge in [0, 0.05) is 50.1 Å². The van der Waals surface area contributed by atoms with Crippen molar-refractivity contribution in [2.24, 2.45) is 0 Å². The van der Waals surface area contributed by atoms with Crippen LogP contribution in [0.1, 0.15) is 11.5 Å². The first-order valence-electron chi connectivity index (χ1n) is 22.5. The number of allylic oxidation sites excluding steroid dienone is 2. The van der Waals surface area contributed by atoms with Crippen molar-refractivity contribution in [1.82, 2.24) is 4.57 Å². The fourth-order valence-electron chi connectivity index (χ4n) is 10.5. The zero-order chi connectivity index (χ0) is 42.8. The fourth-order valence-corrected chi connectivity index (χ4v) is 10.5. The normalized spacial score (nSPS) is 15.1. The molecule has 2 heterocycles. The third-order valence-corrected chi connectivity index (χ3v) is 13.5. The Morgan fingerprint density at radius 1 is 0.400 bits per heavy atom. The molecule has 65 heavy (non-hydrogen) atoms. The van der Waals surface area contributed by atoms with E-state index < -0.39 is 0 Å². The molecule has 0 saturated heterocycles. The standard InChI is InChI=1S/C62H42N2O/c1-2-21-48-45(16-1)40-60(52-24-4-3-23-51(48)52)63(46-36-34-41(35-37-46)50-28-15-29-56-55-27-8-12-33-61(55)65-62(50)56)47-20-14-18-43(39-47)42-17-13-19-44(38-42)49-22-5-9-30-57(49)64-58-31-10-6-25-53(58)54-26-7-11-32-59(54)64/h1-40,55,61H. The van der Waals surface area contributed by atoms with Crippen LogP contribution < -0.4 is 9.64 Å². The Morgan fingerprint density at radius 2 is 1.02 bits per heavy atom. The molecule has 1 aromatic heterocycles. The highest BCUT2D eigenvalue weighted by molar-refractivity contribution is 6.15. The fraction of sp³-hybridized carbons (Fsp3) is 0.0323. The summed E-state index contributed by atoms with van der Waals surface area (Å²) in [4.78, 5) is 2.43. The average Bonchev–Trinajstić information content (AvgIpc) is 3.93. The van der Waals surface area contributed by atoms with Crippen molar-refractivity contribution in [3.63, 3.8) is 0 Å². The zero-order valence-corrected chi connectivity index (χ0v) is 35.6. The van der Waals surface area contributed by atoms with Gasteiger partial charge in [-0.25, -0.2) is 0 Å². The van der Waals surface area contributed by atoms with E-state index in [0.29, 0.717) is 0 Å². The number of aromatic nitrogens is 1. The van der Waals surface area contributed by atoms with Gasteiger partial charge in [0.1, 0.15) is 11.9 Å². The number of ether oxygens (including phenoxy) is 1. The average molecular weight is 831 g/mol. The first-order chi connectivity index (χ1) is 32.2. The van der Waals surface area contributed by atoms with Crippen molar-refractivity contribution in [3.05, 3.63) is 248 Å². The third kappa shape index (κ3) is 6.12. The molecule has 3 nitrogen and oxygen atoms in total. The van der Waals surface area contributed by atoms with Gasteiger partial charge in [-0.05, 0) is 99.1 Å². The van der Waals surface area contributed by atoms with Crippen LogP contribution in [0.5, 0.6) is 5.75 Å². The SMILES string of the molecule is C1=CC2Oc3c(-c4ccc(N(c5cccc(-c6cccc(-c7ccccc7-n7c8ccccc8c8ccccc87)c6)c5)c5cc6ccccc6c6ccccc56)cc4)cccc3C2C=C1. The first kappa shape index (κ1) is 37.2. The minimum atomic E-state index is 0.0369. The lowest BCUT2D eigenvalue weighted by Gasteiger charge is -2.28. The predicted molar refractivity (Wildman–Crippen MR) is 272 cm³/mol. The topological polar surface area (TPSA) is 17.4 Å². The van der Waals surface area contributed by atoms with Crippen LogP contribution in [0.4, 0.5) is 17.1 Å². The summed E-state index contributed by atoms with van der Waals surface area (Å²) < 4.78 is 9.02. The first-order valence-corrected chi connectivity index (χ1v) is 22.5. The van der Waals surface area contributed by atoms with Crippen LogP contribution in [0.2, 0.25) is 0 Å². The summed E-state index contributed by atoms with van der Waals surface area (Å²) in [6.07, 6.45) is 8.68. The van der Waals surface area contributed by atoms with E-state index in [-0.39, 0.29) is 12.0 Å². The molecule has 0 N–H and O–H groups in total. The quantitative estimate of drug-likeness (QED) is 0.149. The summed E-state index contributed by atoms with van der Waals surface area (Å²) in [6.45, 7) is 0. The number of fused-ring (bicyclic) bond motifs is 9. The molecule has 11 aromatic rings. The number of benzene rings is 10. The van der Waals surface area contributed by atoms with Gasteiger partial charge in [0.15, 0.2) is 0 Å². The molecule has 306 valence electrons. The smallest absolute Gasteiger partial charge is 0.132 e. The number of hydrogen-bond donors (Lipinski definition) is 0. The molecule has 13 rings (SSSR count). The van der Waals surface area contributed by atoms with Crippen molar-refractivity contribution in [2.45, 2.75) is 12.0 Å². The Hall–Kier alpha value is -8.40. The van der Waals surface area contributed by atoms with Crippen molar-refractivity contribution in [3.8, 4) is 44.8 Å². The minimum Gasteiger partial charge on any atom is -0.484 e. The van der Waals surface area contributed by atoms with Crippen LogP contribution in [-0.4, -0.2) is 10.7 Å². The van der Waals surface area contributed by atoms with Gasteiger partial charge < -0.3 is 14.2 Å². The molecule has 0 bridgehead atoms. The van der Waals surface area contributed by atoms with Crippen molar-refractivity contribution < 1.29 is 4.74 Å². The molecule has 0 fully saturated rings. The van der Waals surface area contributed by atoms with E-state index >= 15 is 0 Å². The van der Waals surface area contributed by atoms with Gasteiger partial charge in [0.05, 0.1) is 22.4 Å². The van der Waals surface area contributed by atoms with Gasteiger partial charge in [0.25, 0.3) is 0 Å². The summed E-state index contributed by atoms with van der Waals surface area (Å²) in [5, 5.41) is 7.39. The molecule has 2 unspecified atom stereocenters. The lowest BCUT2D eigenvalue weighted by molar-refractivity contribution is 0.270. The van der Waals surface area contributed by atoms with E-state index in [1.165, 1.54) is 60.0 Å². The van der Waals surface area contributed by atoms with Crippen molar-refractivity contribution in [1.29, 1.82) is 0 Å². The van der Waals surface area contributed by atoms with E-state index in [1.54, 1.807) is 0 Å². The Labute approximate surface area is 378 Å². The van der Waals surface area contributed by atoms with E-state index in [4.69, 9.17) is 4.74 Å². The molecule has 0 amide bonds. The summed E-state index contributed by atoms with van der Waals surface area (Å²) in [5.41, 5.74) is 15.0. The number of rotatable bonds is 7. The van der Waals surface area contributed by atoms with Crippen molar-refractivity contribution >= 4 is 60.4 Å². The van der Waals surface area contributed by atoms with Gasteiger partial charge in [0.2, 0.25) is 0 Å². The zero-order valence-electron chi connectivity index (χ0n) is 35.6. The molecule has 1 aliphatic carbocycles. The lowest BCUT2D eigenvalue weighted by atomic mass is 9.90. The predicted octanol–water partition coefficient (Wildman–Crippen LogP) is 16.5. The molecule has 10 aromatic carbocycles. The van der Waals surface area contributed by atoms with Gasteiger partial charge in [-0.15, -0.1) is 0 Å². The van der Waals surface area contributed by atoms with Crippen LogP contribution in [0.25, 0.3) is 82.4 Å². The van der Waals surface area contributed by atoms with Crippen LogP contribution in [0.3, 0.4) is 0 Å². The molecular formula is C62H42N2O. The molecule has 0 saturated carbocycles. The summed E-state index contributed by atoms with van der Waals surface area (Å²) >= 11 is 0. The Bertz CT molecular complexity index is 3670. The van der Waals surface area contributed by atoms with Gasteiger partial charge in [-0.3, -0.25) is 0 Å². The largest absolute Gasteiger partial charge is 0.484 e.